The van der Waals surface area contributed by atoms with E-state index in [1.54, 1.807) is 4.90 Å². The fraction of sp³-hybridized carbons (Fsp3) is 0.278. The van der Waals surface area contributed by atoms with Gasteiger partial charge < -0.3 is 10.2 Å². The molecule has 1 aliphatic heterocycles. The monoisotopic (exact) mass is 358 g/mol. The van der Waals surface area contributed by atoms with Gasteiger partial charge in [-0.25, -0.2) is 4.39 Å². The highest BCUT2D eigenvalue weighted by molar-refractivity contribution is 5.92. The third-order valence-electron chi connectivity index (χ3n) is 4.27. The molecule has 2 aromatic rings. The number of hydrogen-bond acceptors (Lipinski definition) is 5. The quantitative estimate of drug-likeness (QED) is 0.656. The summed E-state index contributed by atoms with van der Waals surface area (Å²) in [6.45, 7) is 2.35. The highest BCUT2D eigenvalue weighted by Crippen LogP contribution is 2.29. The Balaban J connectivity index is 1.57. The molecule has 0 aromatic heterocycles. The van der Waals surface area contributed by atoms with E-state index in [0.29, 0.717) is 26.2 Å². The van der Waals surface area contributed by atoms with Gasteiger partial charge in [0.1, 0.15) is 11.5 Å². The topological polar surface area (TPSA) is 78.7 Å². The molecule has 1 aliphatic rings. The van der Waals surface area contributed by atoms with Crippen molar-refractivity contribution in [3.05, 3.63) is 64.5 Å². The summed E-state index contributed by atoms with van der Waals surface area (Å²) >= 11 is 0. The molecule has 7 nitrogen and oxygen atoms in total. The lowest BCUT2D eigenvalue weighted by Crippen LogP contribution is -2.48. The molecule has 0 spiro atoms. The normalized spacial score (nSPS) is 14.9. The summed E-state index contributed by atoms with van der Waals surface area (Å²) in [4.78, 5) is 26.5. The maximum atomic E-state index is 13.5. The molecule has 0 radical (unpaired) electrons. The lowest BCUT2D eigenvalue weighted by atomic mass is 10.2. The van der Waals surface area contributed by atoms with Crippen molar-refractivity contribution in [2.24, 2.45) is 0 Å². The zero-order chi connectivity index (χ0) is 18.5. The number of nitrogens with zero attached hydrogens (tertiary/aromatic N) is 3. The molecular weight excluding hydrogens is 339 g/mol. The zero-order valence-corrected chi connectivity index (χ0v) is 14.1. The van der Waals surface area contributed by atoms with Crippen molar-refractivity contribution in [3.8, 4) is 0 Å². The average molecular weight is 358 g/mol. The number of hydrogen-bond donors (Lipinski definition) is 1. The maximum Gasteiger partial charge on any atom is 0.292 e. The van der Waals surface area contributed by atoms with Gasteiger partial charge in [0.15, 0.2) is 0 Å². The third-order valence-corrected chi connectivity index (χ3v) is 4.27. The van der Waals surface area contributed by atoms with Crippen LogP contribution in [0.25, 0.3) is 0 Å². The van der Waals surface area contributed by atoms with Crippen LogP contribution in [0.2, 0.25) is 0 Å². The second-order valence-electron chi connectivity index (χ2n) is 6.07. The number of carbonyl (C=O) groups is 1. The summed E-state index contributed by atoms with van der Waals surface area (Å²) in [5.74, 6) is -0.614. The first-order valence-corrected chi connectivity index (χ1v) is 8.29. The highest BCUT2D eigenvalue weighted by Gasteiger charge is 2.25. The van der Waals surface area contributed by atoms with Crippen molar-refractivity contribution in [2.75, 3.05) is 42.9 Å². The Morgan fingerprint density at radius 2 is 1.81 bits per heavy atom. The Kier molecular flexibility index (Phi) is 5.43. The highest BCUT2D eigenvalue weighted by atomic mass is 19.1. The summed E-state index contributed by atoms with van der Waals surface area (Å²) in [5, 5.41) is 14.0. The number of para-hydroxylation sites is 1. The van der Waals surface area contributed by atoms with Crippen LogP contribution in [0.1, 0.15) is 0 Å². The molecule has 3 rings (SSSR count). The molecule has 1 fully saturated rings. The molecule has 0 bridgehead atoms. The Morgan fingerprint density at radius 1 is 1.12 bits per heavy atom. The number of nitro benzene ring substituents is 1. The zero-order valence-electron chi connectivity index (χ0n) is 14.1. The van der Waals surface area contributed by atoms with E-state index in [1.165, 1.54) is 12.1 Å². The van der Waals surface area contributed by atoms with E-state index in [-0.39, 0.29) is 23.8 Å². The Morgan fingerprint density at radius 3 is 2.46 bits per heavy atom. The Labute approximate surface area is 150 Å². The van der Waals surface area contributed by atoms with Crippen LogP contribution in [-0.4, -0.2) is 48.5 Å². The maximum absolute atomic E-state index is 13.5. The van der Waals surface area contributed by atoms with Crippen molar-refractivity contribution >= 4 is 23.0 Å². The first kappa shape index (κ1) is 17.8. The van der Waals surface area contributed by atoms with Crippen LogP contribution >= 0.6 is 0 Å². The van der Waals surface area contributed by atoms with E-state index in [9.17, 15) is 19.3 Å². The molecule has 26 heavy (non-hydrogen) atoms. The lowest BCUT2D eigenvalue weighted by molar-refractivity contribution is -0.384. The van der Waals surface area contributed by atoms with Crippen molar-refractivity contribution < 1.29 is 14.1 Å². The molecule has 2 aromatic carbocycles. The number of nitrogens with one attached hydrogen (secondary N) is 1. The largest absolute Gasteiger partial charge is 0.363 e. The first-order chi connectivity index (χ1) is 12.5. The van der Waals surface area contributed by atoms with E-state index < -0.39 is 10.7 Å². The number of piperazine rings is 1. The number of carbonyl (C=O) groups excluding carboxylic acids is 1. The van der Waals surface area contributed by atoms with Crippen LogP contribution in [0.5, 0.6) is 0 Å². The van der Waals surface area contributed by atoms with Crippen molar-refractivity contribution in [2.45, 2.75) is 0 Å². The molecule has 8 heteroatoms. The van der Waals surface area contributed by atoms with E-state index in [4.69, 9.17) is 0 Å². The molecule has 1 saturated heterocycles. The van der Waals surface area contributed by atoms with Gasteiger partial charge >= 0.3 is 0 Å². The number of halogens is 1. The van der Waals surface area contributed by atoms with Crippen molar-refractivity contribution in [3.63, 3.8) is 0 Å². The smallest absolute Gasteiger partial charge is 0.292 e. The second-order valence-corrected chi connectivity index (χ2v) is 6.07. The van der Waals surface area contributed by atoms with Gasteiger partial charge in [-0.05, 0) is 18.2 Å². The van der Waals surface area contributed by atoms with E-state index in [1.807, 2.05) is 35.2 Å². The van der Waals surface area contributed by atoms with Crippen LogP contribution in [0.3, 0.4) is 0 Å². The van der Waals surface area contributed by atoms with Gasteiger partial charge in [0.25, 0.3) is 5.69 Å². The molecule has 0 unspecified atom stereocenters. The molecule has 1 N–H and O–H groups in total. The summed E-state index contributed by atoms with van der Waals surface area (Å²) in [5.41, 5.74) is 0.913. The molecule has 1 heterocycles. The predicted octanol–water partition coefficient (Wildman–Crippen LogP) is 2.49. The lowest BCUT2D eigenvalue weighted by Gasteiger charge is -2.35. The minimum atomic E-state index is -0.506. The Hall–Kier alpha value is -3.00. The predicted molar refractivity (Wildman–Crippen MR) is 96.8 cm³/mol. The third kappa shape index (κ3) is 4.34. The number of rotatable bonds is 5. The standard InChI is InChI=1S/C18H19FN4O3/c19-14-6-7-16(23(25)26)17(12-14)22-10-8-21(9-11-22)13-18(24)20-15-4-2-1-3-5-15/h1-7,12H,8-11,13H2,(H,20,24). The average Bonchev–Trinajstić information content (AvgIpc) is 2.63. The van der Waals surface area contributed by atoms with E-state index in [0.717, 1.165) is 11.8 Å². The molecule has 0 saturated carbocycles. The molecule has 0 aliphatic carbocycles. The van der Waals surface area contributed by atoms with Gasteiger partial charge in [-0.2, -0.15) is 0 Å². The van der Waals surface area contributed by atoms with E-state index in [2.05, 4.69) is 5.32 Å². The van der Waals surface area contributed by atoms with Gasteiger partial charge in [-0.1, -0.05) is 18.2 Å². The first-order valence-electron chi connectivity index (χ1n) is 8.29. The van der Waals surface area contributed by atoms with E-state index >= 15 is 0 Å². The number of nitro groups is 1. The summed E-state index contributed by atoms with van der Waals surface area (Å²) in [7, 11) is 0. The summed E-state index contributed by atoms with van der Waals surface area (Å²) in [6.07, 6.45) is 0. The molecule has 136 valence electrons. The van der Waals surface area contributed by atoms with Gasteiger partial charge in [0.05, 0.1) is 11.5 Å². The van der Waals surface area contributed by atoms with Gasteiger partial charge in [0.2, 0.25) is 5.91 Å². The summed E-state index contributed by atoms with van der Waals surface area (Å²) in [6, 6.07) is 12.7. The molecular formula is C18H19FN4O3. The van der Waals surface area contributed by atoms with Crippen LogP contribution < -0.4 is 10.2 Å². The van der Waals surface area contributed by atoms with Gasteiger partial charge in [-0.15, -0.1) is 0 Å². The van der Waals surface area contributed by atoms with Crippen molar-refractivity contribution in [1.29, 1.82) is 0 Å². The fourth-order valence-corrected chi connectivity index (χ4v) is 2.98. The number of amides is 1. The molecule has 0 atom stereocenters. The number of anilines is 2. The second kappa shape index (κ2) is 7.92. The van der Waals surface area contributed by atoms with Gasteiger partial charge in [-0.3, -0.25) is 19.8 Å². The molecule has 1 amide bonds. The minimum absolute atomic E-state index is 0.110. The minimum Gasteiger partial charge on any atom is -0.363 e. The van der Waals surface area contributed by atoms with Crippen LogP contribution in [0.4, 0.5) is 21.5 Å². The Bertz CT molecular complexity index is 792. The van der Waals surface area contributed by atoms with Crippen LogP contribution in [0.15, 0.2) is 48.5 Å². The van der Waals surface area contributed by atoms with Crippen LogP contribution in [-0.2, 0) is 4.79 Å². The van der Waals surface area contributed by atoms with Crippen molar-refractivity contribution in [1.82, 2.24) is 4.90 Å². The number of benzene rings is 2. The van der Waals surface area contributed by atoms with Gasteiger partial charge in [0, 0.05) is 44.0 Å². The summed E-state index contributed by atoms with van der Waals surface area (Å²) < 4.78 is 13.5. The fourth-order valence-electron chi connectivity index (χ4n) is 2.98. The van der Waals surface area contributed by atoms with Crippen LogP contribution in [0, 0.1) is 15.9 Å². The SMILES string of the molecule is O=C(CN1CCN(c2cc(F)ccc2[N+](=O)[O-])CC1)Nc1ccccc1.